The maximum Gasteiger partial charge on any atom is 0.228 e. The second kappa shape index (κ2) is 6.50. The molecule has 0 radical (unpaired) electrons. The van der Waals surface area contributed by atoms with Crippen LogP contribution in [0.1, 0.15) is 26.2 Å². The highest BCUT2D eigenvalue weighted by molar-refractivity contribution is 6.31. The van der Waals surface area contributed by atoms with Crippen LogP contribution in [0.5, 0.6) is 0 Å². The number of hydrogen-bond acceptors (Lipinski definition) is 5. The molecule has 1 fully saturated rings. The molecule has 18 heavy (non-hydrogen) atoms. The van der Waals surface area contributed by atoms with Gasteiger partial charge in [0.25, 0.3) is 0 Å². The maximum absolute atomic E-state index is 5.72. The molecule has 7 heteroatoms. The van der Waals surface area contributed by atoms with Crippen LogP contribution in [-0.2, 0) is 0 Å². The number of anilines is 1. The lowest BCUT2D eigenvalue weighted by Crippen LogP contribution is -2.41. The van der Waals surface area contributed by atoms with Crippen LogP contribution in [0.2, 0.25) is 10.6 Å². The highest BCUT2D eigenvalue weighted by atomic mass is 35.5. The number of nitrogens with one attached hydrogen (secondary N) is 1. The van der Waals surface area contributed by atoms with Crippen molar-refractivity contribution in [3.8, 4) is 0 Å². The Morgan fingerprint density at radius 1 is 1.11 bits per heavy atom. The molecule has 1 aliphatic rings. The van der Waals surface area contributed by atoms with E-state index in [2.05, 4.69) is 32.1 Å². The molecule has 0 aliphatic carbocycles. The topological polar surface area (TPSA) is 53.9 Å². The minimum absolute atomic E-state index is 0.114. The monoisotopic (exact) mass is 289 g/mol. The molecule has 1 atom stereocenters. The van der Waals surface area contributed by atoms with Gasteiger partial charge in [-0.3, -0.25) is 4.90 Å². The lowest BCUT2D eigenvalue weighted by atomic mass is 10.1. The fourth-order valence-electron chi connectivity index (χ4n) is 2.13. The molecule has 0 bridgehead atoms. The Morgan fingerprint density at radius 3 is 2.33 bits per heavy atom. The van der Waals surface area contributed by atoms with Gasteiger partial charge in [-0.05, 0) is 56.1 Å². The van der Waals surface area contributed by atoms with Gasteiger partial charge in [-0.2, -0.15) is 15.0 Å². The summed E-state index contributed by atoms with van der Waals surface area (Å²) in [6.07, 6.45) is 3.91. The van der Waals surface area contributed by atoms with Crippen molar-refractivity contribution >= 4 is 29.2 Å². The van der Waals surface area contributed by atoms with Crippen molar-refractivity contribution in [2.45, 2.75) is 32.2 Å². The van der Waals surface area contributed by atoms with Crippen molar-refractivity contribution in [2.75, 3.05) is 25.0 Å². The normalized spacial score (nSPS) is 18.6. The molecule has 1 N–H and O–H groups in total. The van der Waals surface area contributed by atoms with E-state index in [0.717, 1.165) is 6.54 Å². The van der Waals surface area contributed by atoms with Crippen LogP contribution >= 0.6 is 23.2 Å². The van der Waals surface area contributed by atoms with Crippen molar-refractivity contribution in [3.63, 3.8) is 0 Å². The van der Waals surface area contributed by atoms with Crippen molar-refractivity contribution in [1.82, 2.24) is 19.9 Å². The average molecular weight is 290 g/mol. The first kappa shape index (κ1) is 13.8. The molecular formula is C11H17Cl2N5. The summed E-state index contributed by atoms with van der Waals surface area (Å²) in [7, 11) is 0. The van der Waals surface area contributed by atoms with E-state index in [9.17, 15) is 0 Å². The summed E-state index contributed by atoms with van der Waals surface area (Å²) in [5, 5.41) is 3.38. The first-order valence-corrected chi connectivity index (χ1v) is 6.96. The van der Waals surface area contributed by atoms with Crippen LogP contribution in [0.3, 0.4) is 0 Å². The molecule has 2 heterocycles. The third-order valence-corrected chi connectivity index (χ3v) is 3.49. The van der Waals surface area contributed by atoms with Gasteiger partial charge in [-0.25, -0.2) is 0 Å². The van der Waals surface area contributed by atoms with Crippen LogP contribution in [-0.4, -0.2) is 45.5 Å². The van der Waals surface area contributed by atoms with Crippen molar-refractivity contribution in [1.29, 1.82) is 0 Å². The van der Waals surface area contributed by atoms with Gasteiger partial charge < -0.3 is 5.32 Å². The molecule has 1 saturated heterocycles. The van der Waals surface area contributed by atoms with E-state index >= 15 is 0 Å². The van der Waals surface area contributed by atoms with Crippen LogP contribution in [0.25, 0.3) is 0 Å². The second-order valence-corrected chi connectivity index (χ2v) is 5.20. The van der Waals surface area contributed by atoms with Crippen molar-refractivity contribution in [2.24, 2.45) is 0 Å². The molecule has 0 spiro atoms. The fraction of sp³-hybridized carbons (Fsp3) is 0.727. The molecule has 1 aliphatic heterocycles. The van der Waals surface area contributed by atoms with Gasteiger partial charge in [0.15, 0.2) is 0 Å². The standard InChI is InChI=1S/C11H17Cl2N5/c1-8(18-5-3-2-4-6-18)7-14-11-16-9(12)15-10(13)17-11/h8H,2-7H2,1H3,(H,14,15,16,17). The molecule has 0 aromatic carbocycles. The Kier molecular flexibility index (Phi) is 4.97. The first-order chi connectivity index (χ1) is 8.65. The average Bonchev–Trinajstić information content (AvgIpc) is 2.36. The lowest BCUT2D eigenvalue weighted by Gasteiger charge is -2.32. The van der Waals surface area contributed by atoms with Crippen LogP contribution in [0.15, 0.2) is 0 Å². The lowest BCUT2D eigenvalue weighted by molar-refractivity contribution is 0.180. The molecule has 1 aromatic rings. The minimum atomic E-state index is 0.114. The van der Waals surface area contributed by atoms with Crippen LogP contribution in [0.4, 0.5) is 5.95 Å². The molecular weight excluding hydrogens is 273 g/mol. The summed E-state index contributed by atoms with van der Waals surface area (Å²) in [4.78, 5) is 14.1. The Bertz CT molecular complexity index is 375. The number of piperidine rings is 1. The quantitative estimate of drug-likeness (QED) is 0.923. The highest BCUT2D eigenvalue weighted by Gasteiger charge is 2.16. The minimum Gasteiger partial charge on any atom is -0.352 e. The van der Waals surface area contributed by atoms with E-state index in [-0.39, 0.29) is 10.6 Å². The number of rotatable bonds is 4. The van der Waals surface area contributed by atoms with E-state index in [4.69, 9.17) is 23.2 Å². The molecule has 100 valence electrons. The van der Waals surface area contributed by atoms with Crippen molar-refractivity contribution < 1.29 is 0 Å². The third-order valence-electron chi connectivity index (χ3n) is 3.15. The SMILES string of the molecule is CC(CNc1nc(Cl)nc(Cl)n1)N1CCCCC1. The van der Waals surface area contributed by atoms with Crippen LogP contribution < -0.4 is 5.32 Å². The largest absolute Gasteiger partial charge is 0.352 e. The number of hydrogen-bond donors (Lipinski definition) is 1. The molecule has 0 amide bonds. The zero-order valence-electron chi connectivity index (χ0n) is 10.4. The Hall–Kier alpha value is -0.650. The molecule has 2 rings (SSSR count). The van der Waals surface area contributed by atoms with E-state index in [1.807, 2.05) is 0 Å². The van der Waals surface area contributed by atoms with E-state index in [1.54, 1.807) is 0 Å². The third kappa shape index (κ3) is 3.93. The van der Waals surface area contributed by atoms with E-state index in [1.165, 1.54) is 32.4 Å². The molecule has 0 saturated carbocycles. The second-order valence-electron chi connectivity index (χ2n) is 4.52. The summed E-state index contributed by atoms with van der Waals surface area (Å²) in [5.74, 6) is 0.434. The maximum atomic E-state index is 5.72. The number of halogens is 2. The van der Waals surface area contributed by atoms with E-state index < -0.39 is 0 Å². The van der Waals surface area contributed by atoms with Gasteiger partial charge in [0.1, 0.15) is 0 Å². The van der Waals surface area contributed by atoms with Crippen molar-refractivity contribution in [3.05, 3.63) is 10.6 Å². The molecule has 1 aromatic heterocycles. The zero-order valence-corrected chi connectivity index (χ0v) is 11.9. The summed E-state index contributed by atoms with van der Waals surface area (Å²) in [6, 6.07) is 0.444. The number of likely N-dealkylation sites (tertiary alicyclic amines) is 1. The summed E-state index contributed by atoms with van der Waals surface area (Å²) < 4.78 is 0. The first-order valence-electron chi connectivity index (χ1n) is 6.20. The highest BCUT2D eigenvalue weighted by Crippen LogP contribution is 2.13. The number of nitrogens with zero attached hydrogens (tertiary/aromatic N) is 4. The summed E-state index contributed by atoms with van der Waals surface area (Å²) in [6.45, 7) is 5.31. The van der Waals surface area contributed by atoms with Gasteiger partial charge in [-0.1, -0.05) is 6.42 Å². The zero-order chi connectivity index (χ0) is 13.0. The van der Waals surface area contributed by atoms with Crippen LogP contribution in [0, 0.1) is 0 Å². The van der Waals surface area contributed by atoms with Gasteiger partial charge in [0.05, 0.1) is 0 Å². The smallest absolute Gasteiger partial charge is 0.228 e. The van der Waals surface area contributed by atoms with Gasteiger partial charge in [0, 0.05) is 12.6 Å². The molecule has 5 nitrogen and oxygen atoms in total. The Balaban J connectivity index is 1.86. The predicted molar refractivity (Wildman–Crippen MR) is 73.2 cm³/mol. The van der Waals surface area contributed by atoms with Gasteiger partial charge >= 0.3 is 0 Å². The van der Waals surface area contributed by atoms with Gasteiger partial charge in [0.2, 0.25) is 16.5 Å². The van der Waals surface area contributed by atoms with Gasteiger partial charge in [-0.15, -0.1) is 0 Å². The van der Waals surface area contributed by atoms with E-state index in [0.29, 0.717) is 12.0 Å². The summed E-state index contributed by atoms with van der Waals surface area (Å²) in [5.41, 5.74) is 0. The Labute approximate surface area is 117 Å². The predicted octanol–water partition coefficient (Wildman–Crippen LogP) is 2.46. The number of aromatic nitrogens is 3. The molecule has 1 unspecified atom stereocenters. The summed E-state index contributed by atoms with van der Waals surface area (Å²) >= 11 is 11.4. The Morgan fingerprint density at radius 2 is 1.72 bits per heavy atom. The fourth-order valence-corrected chi connectivity index (χ4v) is 2.50.